The summed E-state index contributed by atoms with van der Waals surface area (Å²) in [4.78, 5) is 24.5. The number of nitrogens with zero attached hydrogens (tertiary/aromatic N) is 3. The Balaban J connectivity index is 1.88. The van der Waals surface area contributed by atoms with Crippen LogP contribution in [0.1, 0.15) is 33.3 Å². The first-order valence-electron chi connectivity index (χ1n) is 11.1. The van der Waals surface area contributed by atoms with E-state index >= 15 is 0 Å². The molecule has 3 rings (SSSR count). The minimum Gasteiger partial charge on any atom is -0.493 e. The van der Waals surface area contributed by atoms with Crippen LogP contribution in [-0.2, 0) is 11.3 Å². The van der Waals surface area contributed by atoms with Crippen molar-refractivity contribution < 1.29 is 27.8 Å². The summed E-state index contributed by atoms with van der Waals surface area (Å²) in [6, 6.07) is 11.1. The van der Waals surface area contributed by atoms with Crippen LogP contribution < -0.4 is 10.1 Å². The first-order valence-corrected chi connectivity index (χ1v) is 11.5. The van der Waals surface area contributed by atoms with Gasteiger partial charge in [-0.05, 0) is 49.6 Å². The molecule has 11 heteroatoms. The molecule has 7 nitrogen and oxygen atoms in total. The first kappa shape index (κ1) is 27.2. The second kappa shape index (κ2) is 10.7. The van der Waals surface area contributed by atoms with Gasteiger partial charge >= 0.3 is 12.2 Å². The molecule has 0 spiro atoms. The molecule has 0 aliphatic carbocycles. The van der Waals surface area contributed by atoms with E-state index in [1.165, 1.54) is 12.1 Å². The lowest BCUT2D eigenvalue weighted by molar-refractivity contribution is -0.211. The summed E-state index contributed by atoms with van der Waals surface area (Å²) in [5.74, 6) is 0.0144. The quantitative estimate of drug-likeness (QED) is 0.388. The lowest BCUT2D eigenvalue weighted by Gasteiger charge is -2.26. The zero-order valence-electron chi connectivity index (χ0n) is 20.2. The molecule has 36 heavy (non-hydrogen) atoms. The maximum Gasteiger partial charge on any atom is 0.402 e. The van der Waals surface area contributed by atoms with Crippen LogP contribution in [0.4, 0.5) is 13.2 Å². The van der Waals surface area contributed by atoms with Crippen LogP contribution in [0.3, 0.4) is 0 Å². The zero-order valence-corrected chi connectivity index (χ0v) is 20.9. The fourth-order valence-corrected chi connectivity index (χ4v) is 3.19. The molecule has 0 atom stereocenters. The third-order valence-electron chi connectivity index (χ3n) is 5.30. The van der Waals surface area contributed by atoms with Crippen molar-refractivity contribution in [1.29, 1.82) is 0 Å². The van der Waals surface area contributed by atoms with Crippen LogP contribution in [0.2, 0.25) is 5.02 Å². The third kappa shape index (κ3) is 6.42. The van der Waals surface area contributed by atoms with Gasteiger partial charge in [0.1, 0.15) is 11.2 Å². The molecule has 0 saturated heterocycles. The summed E-state index contributed by atoms with van der Waals surface area (Å²) in [6.07, 6.45) is -4.70. The lowest BCUT2D eigenvalue weighted by atomic mass is 9.91. The molecule has 0 aliphatic rings. The fraction of sp³-hybridized carbons (Fsp3) is 0.360. The summed E-state index contributed by atoms with van der Waals surface area (Å²) < 4.78 is 45.1. The standard InChI is InChI=1S/C25H26ClF3N4O3/c1-14(2)13-36-17-7-5-6-16(11-17)20-31-21(33-23(35)32-20)18-10-15(8-9-19(18)26)12-30-22(34)24(3,4)25(27,28)29/h5-11,14H,12-13H2,1-4H3,(H,30,34)(H,31,32,33,35). The average molecular weight is 523 g/mol. The molecule has 192 valence electrons. The smallest absolute Gasteiger partial charge is 0.402 e. The van der Waals surface area contributed by atoms with Crippen molar-refractivity contribution in [1.82, 2.24) is 20.3 Å². The minimum absolute atomic E-state index is 0.0554. The number of carbonyl (C=O) groups is 1. The van der Waals surface area contributed by atoms with E-state index in [0.717, 1.165) is 13.8 Å². The van der Waals surface area contributed by atoms with Gasteiger partial charge in [0.2, 0.25) is 5.91 Å². The normalized spacial score (nSPS) is 12.0. The number of benzene rings is 2. The molecule has 2 N–H and O–H groups in total. The van der Waals surface area contributed by atoms with Gasteiger partial charge in [0.05, 0.1) is 11.6 Å². The number of aromatic nitrogens is 3. The van der Waals surface area contributed by atoms with E-state index in [1.54, 1.807) is 30.3 Å². The highest BCUT2D eigenvalue weighted by atomic mass is 35.5. The molecule has 1 aromatic heterocycles. The Morgan fingerprint density at radius 3 is 2.44 bits per heavy atom. The summed E-state index contributed by atoms with van der Waals surface area (Å²) in [5, 5.41) is 12.7. The van der Waals surface area contributed by atoms with Gasteiger partial charge in [0, 0.05) is 17.7 Å². The number of alkyl halides is 3. The van der Waals surface area contributed by atoms with Gasteiger partial charge < -0.3 is 15.2 Å². The Bertz CT molecular complexity index is 1250. The molecular formula is C25H26ClF3N4O3. The topological polar surface area (TPSA) is 97.2 Å². The van der Waals surface area contributed by atoms with Crippen molar-refractivity contribution in [3.63, 3.8) is 0 Å². The molecule has 0 aliphatic heterocycles. The van der Waals surface area contributed by atoms with Crippen molar-refractivity contribution in [3.05, 3.63) is 53.1 Å². The first-order chi connectivity index (χ1) is 16.8. The average Bonchev–Trinajstić information content (AvgIpc) is 2.81. The summed E-state index contributed by atoms with van der Waals surface area (Å²) in [7, 11) is 0. The molecule has 0 fully saturated rings. The van der Waals surface area contributed by atoms with Crippen LogP contribution >= 0.6 is 11.6 Å². The number of aromatic hydroxyl groups is 1. The molecule has 0 unspecified atom stereocenters. The maximum atomic E-state index is 13.1. The molecule has 2 aromatic carbocycles. The second-order valence-electron chi connectivity index (χ2n) is 9.13. The van der Waals surface area contributed by atoms with E-state index in [4.69, 9.17) is 16.3 Å². The van der Waals surface area contributed by atoms with Gasteiger partial charge in [0.15, 0.2) is 11.6 Å². The van der Waals surface area contributed by atoms with Gasteiger partial charge in [-0.3, -0.25) is 4.79 Å². The largest absolute Gasteiger partial charge is 0.493 e. The van der Waals surface area contributed by atoms with Crippen molar-refractivity contribution in [2.45, 2.75) is 40.4 Å². The molecule has 1 heterocycles. The monoisotopic (exact) mass is 522 g/mol. The van der Waals surface area contributed by atoms with Crippen LogP contribution in [0, 0.1) is 11.3 Å². The summed E-state index contributed by atoms with van der Waals surface area (Å²) >= 11 is 6.33. The SMILES string of the molecule is CC(C)COc1cccc(-c2nc(O)nc(-c3cc(CNC(=O)C(C)(C)C(F)(F)F)ccc3Cl)n2)c1. The molecular weight excluding hydrogens is 497 g/mol. The van der Waals surface area contributed by atoms with E-state index < -0.39 is 23.5 Å². The van der Waals surface area contributed by atoms with E-state index in [0.29, 0.717) is 35.0 Å². The highest BCUT2D eigenvalue weighted by Gasteiger charge is 2.52. The Morgan fingerprint density at radius 1 is 1.08 bits per heavy atom. The third-order valence-corrected chi connectivity index (χ3v) is 5.63. The van der Waals surface area contributed by atoms with Crippen LogP contribution in [0.25, 0.3) is 22.8 Å². The van der Waals surface area contributed by atoms with Crippen molar-refractivity contribution >= 4 is 17.5 Å². The van der Waals surface area contributed by atoms with Crippen LogP contribution in [0.5, 0.6) is 11.8 Å². The predicted molar refractivity (Wildman–Crippen MR) is 129 cm³/mol. The van der Waals surface area contributed by atoms with Crippen LogP contribution in [0.15, 0.2) is 42.5 Å². The summed E-state index contributed by atoms with van der Waals surface area (Å²) in [6.45, 7) is 6.03. The number of nitrogens with one attached hydrogen (secondary N) is 1. The van der Waals surface area contributed by atoms with Crippen molar-refractivity contribution in [2.75, 3.05) is 6.61 Å². The van der Waals surface area contributed by atoms with E-state index in [2.05, 4.69) is 20.3 Å². The zero-order chi connectivity index (χ0) is 26.7. The van der Waals surface area contributed by atoms with Crippen molar-refractivity contribution in [2.24, 2.45) is 11.3 Å². The number of hydrogen-bond acceptors (Lipinski definition) is 6. The minimum atomic E-state index is -4.70. The van der Waals surface area contributed by atoms with Gasteiger partial charge in [-0.25, -0.2) is 4.98 Å². The molecule has 1 amide bonds. The van der Waals surface area contributed by atoms with E-state index in [9.17, 15) is 23.1 Å². The van der Waals surface area contributed by atoms with Crippen LogP contribution in [-0.4, -0.2) is 38.7 Å². The van der Waals surface area contributed by atoms with Gasteiger partial charge in [0.25, 0.3) is 0 Å². The lowest BCUT2D eigenvalue weighted by Crippen LogP contribution is -2.46. The molecule has 0 radical (unpaired) electrons. The number of carbonyl (C=O) groups excluding carboxylic acids is 1. The molecule has 0 saturated carbocycles. The van der Waals surface area contributed by atoms with Gasteiger partial charge in [-0.15, -0.1) is 0 Å². The Morgan fingerprint density at radius 2 is 1.78 bits per heavy atom. The van der Waals surface area contributed by atoms with E-state index in [1.807, 2.05) is 13.8 Å². The molecule has 0 bridgehead atoms. The van der Waals surface area contributed by atoms with E-state index in [-0.39, 0.29) is 23.2 Å². The second-order valence-corrected chi connectivity index (χ2v) is 9.54. The summed E-state index contributed by atoms with van der Waals surface area (Å²) in [5.41, 5.74) is -1.20. The number of rotatable bonds is 8. The highest BCUT2D eigenvalue weighted by Crippen LogP contribution is 2.37. The maximum absolute atomic E-state index is 13.1. The van der Waals surface area contributed by atoms with Crippen molar-refractivity contribution in [3.8, 4) is 34.5 Å². The number of ether oxygens (including phenoxy) is 1. The van der Waals surface area contributed by atoms with Gasteiger partial charge in [-0.1, -0.05) is 43.6 Å². The van der Waals surface area contributed by atoms with Gasteiger partial charge in [-0.2, -0.15) is 23.1 Å². The Kier molecular flexibility index (Phi) is 8.08. The Labute approximate surface area is 211 Å². The number of amides is 1. The fourth-order valence-electron chi connectivity index (χ4n) is 2.99. The number of halogens is 4. The Hall–Kier alpha value is -3.40. The molecule has 3 aromatic rings. The number of hydrogen-bond donors (Lipinski definition) is 2. The highest BCUT2D eigenvalue weighted by molar-refractivity contribution is 6.33. The predicted octanol–water partition coefficient (Wildman–Crippen LogP) is 5.80.